The van der Waals surface area contributed by atoms with E-state index in [0.29, 0.717) is 21.3 Å². The minimum Gasteiger partial charge on any atom is -0.321 e. The molecular formula is C13H10Cl2N2O. The maximum Gasteiger partial charge on any atom is 0.257 e. The van der Waals surface area contributed by atoms with Crippen molar-refractivity contribution in [2.75, 3.05) is 5.32 Å². The van der Waals surface area contributed by atoms with E-state index in [2.05, 4.69) is 10.3 Å². The van der Waals surface area contributed by atoms with E-state index in [1.807, 2.05) is 6.92 Å². The Morgan fingerprint density at radius 1 is 1.22 bits per heavy atom. The summed E-state index contributed by atoms with van der Waals surface area (Å²) in [5.41, 5.74) is 1.86. The van der Waals surface area contributed by atoms with Gasteiger partial charge in [-0.2, -0.15) is 0 Å². The average molecular weight is 281 g/mol. The van der Waals surface area contributed by atoms with Gasteiger partial charge in [-0.05, 0) is 37.3 Å². The SMILES string of the molecule is Cc1ccc(C(=O)Nc2ccc(Cl)cc2Cl)cn1. The molecule has 1 aromatic carbocycles. The van der Waals surface area contributed by atoms with Crippen molar-refractivity contribution in [3.63, 3.8) is 0 Å². The van der Waals surface area contributed by atoms with Crippen LogP contribution in [0.3, 0.4) is 0 Å². The fourth-order valence-corrected chi connectivity index (χ4v) is 1.84. The predicted molar refractivity (Wildman–Crippen MR) is 73.4 cm³/mol. The minimum atomic E-state index is -0.258. The molecule has 2 rings (SSSR count). The lowest BCUT2D eigenvalue weighted by Gasteiger charge is -2.07. The van der Waals surface area contributed by atoms with E-state index in [0.717, 1.165) is 5.69 Å². The second-order valence-electron chi connectivity index (χ2n) is 3.77. The smallest absolute Gasteiger partial charge is 0.257 e. The number of nitrogens with one attached hydrogen (secondary N) is 1. The van der Waals surface area contributed by atoms with Crippen molar-refractivity contribution < 1.29 is 4.79 Å². The number of amides is 1. The molecular weight excluding hydrogens is 271 g/mol. The van der Waals surface area contributed by atoms with Crippen LogP contribution in [-0.2, 0) is 0 Å². The van der Waals surface area contributed by atoms with Crippen molar-refractivity contribution in [1.29, 1.82) is 0 Å². The molecule has 0 spiro atoms. The highest BCUT2D eigenvalue weighted by atomic mass is 35.5. The highest BCUT2D eigenvalue weighted by Gasteiger charge is 2.08. The molecule has 3 nitrogen and oxygen atoms in total. The van der Waals surface area contributed by atoms with E-state index in [-0.39, 0.29) is 5.91 Å². The standard InChI is InChI=1S/C13H10Cl2N2O/c1-8-2-3-9(7-16-8)13(18)17-12-5-4-10(14)6-11(12)15/h2-7H,1H3,(H,17,18). The van der Waals surface area contributed by atoms with Gasteiger partial charge in [-0.25, -0.2) is 0 Å². The lowest BCUT2D eigenvalue weighted by atomic mass is 10.2. The number of carbonyl (C=O) groups excluding carboxylic acids is 1. The number of hydrogen-bond acceptors (Lipinski definition) is 2. The number of benzene rings is 1. The Morgan fingerprint density at radius 3 is 2.61 bits per heavy atom. The largest absolute Gasteiger partial charge is 0.321 e. The van der Waals surface area contributed by atoms with E-state index in [4.69, 9.17) is 23.2 Å². The summed E-state index contributed by atoms with van der Waals surface area (Å²) in [6, 6.07) is 8.38. The summed E-state index contributed by atoms with van der Waals surface area (Å²) in [4.78, 5) is 16.0. The second-order valence-corrected chi connectivity index (χ2v) is 4.61. The highest BCUT2D eigenvalue weighted by Crippen LogP contribution is 2.25. The predicted octanol–water partition coefficient (Wildman–Crippen LogP) is 3.95. The van der Waals surface area contributed by atoms with Crippen LogP contribution in [0.1, 0.15) is 16.1 Å². The van der Waals surface area contributed by atoms with Crippen molar-refractivity contribution in [3.8, 4) is 0 Å². The Balaban J connectivity index is 2.18. The van der Waals surface area contributed by atoms with Crippen molar-refractivity contribution in [3.05, 3.63) is 57.8 Å². The number of nitrogens with zero attached hydrogens (tertiary/aromatic N) is 1. The molecule has 2 aromatic rings. The third kappa shape index (κ3) is 3.00. The Bertz CT molecular complexity index is 582. The van der Waals surface area contributed by atoms with Crippen molar-refractivity contribution in [2.45, 2.75) is 6.92 Å². The maximum absolute atomic E-state index is 11.9. The van der Waals surface area contributed by atoms with Gasteiger partial charge in [0.15, 0.2) is 0 Å². The normalized spacial score (nSPS) is 10.2. The molecule has 0 unspecified atom stereocenters. The van der Waals surface area contributed by atoms with Gasteiger partial charge in [-0.1, -0.05) is 23.2 Å². The fourth-order valence-electron chi connectivity index (χ4n) is 1.39. The maximum atomic E-state index is 11.9. The third-order valence-electron chi connectivity index (χ3n) is 2.35. The van der Waals surface area contributed by atoms with Gasteiger partial charge in [0.1, 0.15) is 0 Å². The monoisotopic (exact) mass is 280 g/mol. The number of aromatic nitrogens is 1. The lowest BCUT2D eigenvalue weighted by molar-refractivity contribution is 0.102. The molecule has 0 fully saturated rings. The molecule has 1 amide bonds. The zero-order valence-electron chi connectivity index (χ0n) is 9.58. The van der Waals surface area contributed by atoms with Gasteiger partial charge in [0.25, 0.3) is 5.91 Å². The van der Waals surface area contributed by atoms with Crippen LogP contribution in [0.5, 0.6) is 0 Å². The summed E-state index contributed by atoms with van der Waals surface area (Å²) in [6.07, 6.45) is 1.52. The van der Waals surface area contributed by atoms with Gasteiger partial charge in [0.2, 0.25) is 0 Å². The summed E-state index contributed by atoms with van der Waals surface area (Å²) in [6.45, 7) is 1.86. The number of pyridine rings is 1. The zero-order chi connectivity index (χ0) is 13.1. The van der Waals surface area contributed by atoms with Crippen molar-refractivity contribution in [1.82, 2.24) is 4.98 Å². The molecule has 18 heavy (non-hydrogen) atoms. The Hall–Kier alpha value is -1.58. The molecule has 5 heteroatoms. The molecule has 0 bridgehead atoms. The molecule has 0 aliphatic rings. The van der Waals surface area contributed by atoms with Crippen molar-refractivity contribution >= 4 is 34.8 Å². The van der Waals surface area contributed by atoms with Gasteiger partial charge in [0.05, 0.1) is 16.3 Å². The highest BCUT2D eigenvalue weighted by molar-refractivity contribution is 6.36. The number of rotatable bonds is 2. The Morgan fingerprint density at radius 2 is 2.00 bits per heavy atom. The molecule has 1 N–H and O–H groups in total. The van der Waals surface area contributed by atoms with E-state index in [9.17, 15) is 4.79 Å². The van der Waals surface area contributed by atoms with Crippen LogP contribution in [0.15, 0.2) is 36.5 Å². The second kappa shape index (κ2) is 5.38. The average Bonchev–Trinajstić information content (AvgIpc) is 2.33. The van der Waals surface area contributed by atoms with Crippen LogP contribution in [0.25, 0.3) is 0 Å². The Kier molecular flexibility index (Phi) is 3.84. The van der Waals surface area contributed by atoms with Gasteiger partial charge < -0.3 is 5.32 Å². The molecule has 0 saturated carbocycles. The first-order valence-electron chi connectivity index (χ1n) is 5.25. The molecule has 1 aromatic heterocycles. The summed E-state index contributed by atoms with van der Waals surface area (Å²) in [7, 11) is 0. The molecule has 0 radical (unpaired) electrons. The van der Waals surface area contributed by atoms with Gasteiger partial charge in [-0.3, -0.25) is 9.78 Å². The van der Waals surface area contributed by atoms with Gasteiger partial charge >= 0.3 is 0 Å². The number of aryl methyl sites for hydroxylation is 1. The lowest BCUT2D eigenvalue weighted by Crippen LogP contribution is -2.12. The summed E-state index contributed by atoms with van der Waals surface area (Å²) < 4.78 is 0. The van der Waals surface area contributed by atoms with Crippen LogP contribution >= 0.6 is 23.2 Å². The van der Waals surface area contributed by atoms with Crippen LogP contribution in [0.4, 0.5) is 5.69 Å². The van der Waals surface area contributed by atoms with Gasteiger partial charge in [0, 0.05) is 16.9 Å². The van der Waals surface area contributed by atoms with E-state index in [1.165, 1.54) is 6.20 Å². The number of hydrogen-bond donors (Lipinski definition) is 1. The van der Waals surface area contributed by atoms with Gasteiger partial charge in [-0.15, -0.1) is 0 Å². The molecule has 92 valence electrons. The quantitative estimate of drug-likeness (QED) is 0.905. The Labute approximate surface area is 115 Å². The summed E-state index contributed by atoms with van der Waals surface area (Å²) >= 11 is 11.8. The summed E-state index contributed by atoms with van der Waals surface area (Å²) in [5.74, 6) is -0.258. The number of anilines is 1. The van der Waals surface area contributed by atoms with E-state index >= 15 is 0 Å². The topological polar surface area (TPSA) is 42.0 Å². The molecule has 0 saturated heterocycles. The van der Waals surface area contributed by atoms with Crippen molar-refractivity contribution in [2.24, 2.45) is 0 Å². The van der Waals surface area contributed by atoms with Crippen LogP contribution in [-0.4, -0.2) is 10.9 Å². The van der Waals surface area contributed by atoms with Crippen LogP contribution in [0, 0.1) is 6.92 Å². The molecule has 0 aliphatic carbocycles. The zero-order valence-corrected chi connectivity index (χ0v) is 11.1. The number of halogens is 2. The molecule has 0 aliphatic heterocycles. The molecule has 1 heterocycles. The van der Waals surface area contributed by atoms with Crippen LogP contribution < -0.4 is 5.32 Å². The third-order valence-corrected chi connectivity index (χ3v) is 2.90. The first-order chi connectivity index (χ1) is 8.56. The fraction of sp³-hybridized carbons (Fsp3) is 0.0769. The van der Waals surface area contributed by atoms with Crippen LogP contribution in [0.2, 0.25) is 10.0 Å². The van der Waals surface area contributed by atoms with E-state index in [1.54, 1.807) is 30.3 Å². The molecule has 0 atom stereocenters. The van der Waals surface area contributed by atoms with E-state index < -0.39 is 0 Å². The first-order valence-corrected chi connectivity index (χ1v) is 6.01. The minimum absolute atomic E-state index is 0.258. The first kappa shape index (κ1) is 12.9. The number of carbonyl (C=O) groups is 1. The summed E-state index contributed by atoms with van der Waals surface area (Å²) in [5, 5.41) is 3.63.